The molecule has 0 aliphatic heterocycles. The van der Waals surface area contributed by atoms with E-state index in [1.54, 1.807) is 33.9 Å². The maximum Gasteiger partial charge on any atom is 0.252 e. The first-order chi connectivity index (χ1) is 29.1. The molecule has 8 N–H and O–H groups in total. The van der Waals surface area contributed by atoms with E-state index >= 15 is 0 Å². The number of rotatable bonds is 17. The Hall–Kier alpha value is -7.39. The zero-order valence-corrected chi connectivity index (χ0v) is 34.3. The van der Waals surface area contributed by atoms with Gasteiger partial charge in [0.05, 0.1) is 72.1 Å². The fourth-order valence-electron chi connectivity index (χ4n) is 6.58. The van der Waals surface area contributed by atoms with Gasteiger partial charge in [-0.05, 0) is 67.8 Å². The fraction of sp³-hybridized carbons (Fsp3) is 0.222. The number of carbonyl (C=O) groups is 2. The van der Waals surface area contributed by atoms with Gasteiger partial charge in [-0.15, -0.1) is 0 Å². The summed E-state index contributed by atoms with van der Waals surface area (Å²) in [5.74, 6) is 0.208. The van der Waals surface area contributed by atoms with Crippen molar-refractivity contribution in [1.29, 1.82) is 0 Å². The number of carbonyl (C=O) groups excluding carboxylic acids is 2. The molecule has 0 atom stereocenters. The van der Waals surface area contributed by atoms with E-state index in [0.29, 0.717) is 52.7 Å². The maximum absolute atomic E-state index is 12.1. The van der Waals surface area contributed by atoms with Gasteiger partial charge >= 0.3 is 0 Å². The Morgan fingerprint density at radius 1 is 0.683 bits per heavy atom. The number of pyridine rings is 2. The number of primary amides is 2. The number of nitrogens with two attached hydrogens (primary N) is 2. The zero-order valence-electron chi connectivity index (χ0n) is 34.3. The summed E-state index contributed by atoms with van der Waals surface area (Å²) >= 11 is 0. The van der Waals surface area contributed by atoms with Gasteiger partial charge in [-0.25, -0.2) is 4.98 Å². The van der Waals surface area contributed by atoms with Crippen LogP contribution in [0.5, 0.6) is 11.5 Å². The van der Waals surface area contributed by atoms with Crippen molar-refractivity contribution in [3.05, 3.63) is 126 Å². The first kappa shape index (κ1) is 42.2. The SMILES string of the molecule is COCCNc1cc2ncc(C(N)=O)c(Nc3ccccc3C)c2cc1OC.COc1cc2c(Nc3ccccc3C)c(C(N)=O)cnc2cc1NCCCn1ccnc1. The molecule has 3 heterocycles. The van der Waals surface area contributed by atoms with E-state index in [0.717, 1.165) is 69.7 Å². The summed E-state index contributed by atoms with van der Waals surface area (Å²) < 4.78 is 18.3. The second-order valence-electron chi connectivity index (χ2n) is 13.8. The minimum Gasteiger partial charge on any atom is -0.495 e. The van der Waals surface area contributed by atoms with Crippen molar-refractivity contribution in [2.45, 2.75) is 26.8 Å². The molecule has 7 rings (SSSR count). The number of imidazole rings is 1. The predicted molar refractivity (Wildman–Crippen MR) is 238 cm³/mol. The van der Waals surface area contributed by atoms with Crippen molar-refractivity contribution in [1.82, 2.24) is 19.5 Å². The third-order valence-corrected chi connectivity index (χ3v) is 9.81. The highest BCUT2D eigenvalue weighted by atomic mass is 16.5. The second kappa shape index (κ2) is 19.8. The van der Waals surface area contributed by atoms with Crippen LogP contribution in [0.25, 0.3) is 21.8 Å². The molecule has 0 aliphatic carbocycles. The molecule has 2 amide bonds. The highest BCUT2D eigenvalue weighted by Gasteiger charge is 2.19. The lowest BCUT2D eigenvalue weighted by atomic mass is 10.1. The summed E-state index contributed by atoms with van der Waals surface area (Å²) in [7, 11) is 4.87. The molecular formula is C45H50N10O5. The Balaban J connectivity index is 0.000000203. The number of methoxy groups -OCH3 is 3. The average Bonchev–Trinajstić information content (AvgIpc) is 3.77. The number of hydrogen-bond donors (Lipinski definition) is 6. The molecule has 4 aromatic carbocycles. The molecule has 0 radical (unpaired) electrons. The highest BCUT2D eigenvalue weighted by Crippen LogP contribution is 2.38. The number of nitrogens with one attached hydrogen (secondary N) is 4. The van der Waals surface area contributed by atoms with E-state index in [1.807, 2.05) is 97.4 Å². The van der Waals surface area contributed by atoms with Crippen molar-refractivity contribution in [3.8, 4) is 11.5 Å². The van der Waals surface area contributed by atoms with Crippen LogP contribution in [0.2, 0.25) is 0 Å². The molecule has 15 nitrogen and oxygen atoms in total. The van der Waals surface area contributed by atoms with Crippen molar-refractivity contribution in [3.63, 3.8) is 0 Å². The molecule has 0 fully saturated rings. The number of ether oxygens (including phenoxy) is 3. The van der Waals surface area contributed by atoms with Gasteiger partial charge in [0.2, 0.25) is 0 Å². The molecule has 60 heavy (non-hydrogen) atoms. The quantitative estimate of drug-likeness (QED) is 0.0494. The largest absolute Gasteiger partial charge is 0.495 e. The van der Waals surface area contributed by atoms with E-state index in [2.05, 4.69) is 36.2 Å². The van der Waals surface area contributed by atoms with Crippen LogP contribution in [0, 0.1) is 13.8 Å². The molecule has 7 aromatic rings. The Morgan fingerprint density at radius 3 is 1.62 bits per heavy atom. The first-order valence-electron chi connectivity index (χ1n) is 19.3. The van der Waals surface area contributed by atoms with Crippen molar-refractivity contribution >= 4 is 67.7 Å². The van der Waals surface area contributed by atoms with Gasteiger partial charge in [0.1, 0.15) is 11.5 Å². The standard InChI is InChI=1S/C24H26N6O2.C21H24N4O3/c1-16-6-3-4-7-19(16)29-23-17-12-22(32-2)21(13-20(17)28-14-18(23)24(25)31)27-8-5-10-30-11-9-26-15-30;1-13-6-4-5-7-16(13)25-20-14-10-19(28-3)18(23-8-9-27-2)11-17(14)24-12-15(20)21(22)26/h3-4,6-7,9,11-15,27H,5,8,10H2,1-2H3,(H2,25,31)(H,28,29);4-7,10-12,23H,8-9H2,1-3H3,(H2,22,26)(H,24,25). The molecule has 0 bridgehead atoms. The van der Waals surface area contributed by atoms with E-state index < -0.39 is 11.8 Å². The van der Waals surface area contributed by atoms with Gasteiger partial charge in [0.25, 0.3) is 11.8 Å². The van der Waals surface area contributed by atoms with Crippen molar-refractivity contribution in [2.24, 2.45) is 11.5 Å². The Kier molecular flexibility index (Phi) is 14.0. The Morgan fingerprint density at radius 2 is 1.18 bits per heavy atom. The molecular weight excluding hydrogens is 761 g/mol. The molecule has 310 valence electrons. The molecule has 0 saturated carbocycles. The number of amides is 2. The lowest BCUT2D eigenvalue weighted by molar-refractivity contribution is 0.0992. The smallest absolute Gasteiger partial charge is 0.252 e. The summed E-state index contributed by atoms with van der Waals surface area (Å²) in [6.07, 6.45) is 9.46. The van der Waals surface area contributed by atoms with Gasteiger partial charge in [0.15, 0.2) is 0 Å². The number of aromatic nitrogens is 4. The molecule has 0 unspecified atom stereocenters. The highest BCUT2D eigenvalue weighted by molar-refractivity contribution is 6.09. The van der Waals surface area contributed by atoms with Gasteiger partial charge in [-0.1, -0.05) is 36.4 Å². The minimum absolute atomic E-state index is 0.317. The number of fused-ring (bicyclic) bond motifs is 2. The Labute approximate surface area is 348 Å². The summed E-state index contributed by atoms with van der Waals surface area (Å²) in [5.41, 5.74) is 20.1. The average molecular weight is 811 g/mol. The van der Waals surface area contributed by atoms with Crippen LogP contribution in [0.4, 0.5) is 34.1 Å². The lowest BCUT2D eigenvalue weighted by Gasteiger charge is -2.17. The fourth-order valence-corrected chi connectivity index (χ4v) is 6.58. The summed E-state index contributed by atoms with van der Waals surface area (Å²) in [5, 5.41) is 14.9. The Bertz CT molecular complexity index is 2600. The number of nitrogens with zero attached hydrogens (tertiary/aromatic N) is 4. The van der Waals surface area contributed by atoms with E-state index in [4.69, 9.17) is 25.7 Å². The van der Waals surface area contributed by atoms with Crippen LogP contribution >= 0.6 is 0 Å². The van der Waals surface area contributed by atoms with Crippen LogP contribution in [0.3, 0.4) is 0 Å². The monoisotopic (exact) mass is 810 g/mol. The maximum atomic E-state index is 12.1. The number of benzene rings is 4. The van der Waals surface area contributed by atoms with Gasteiger partial charge in [-0.2, -0.15) is 0 Å². The first-order valence-corrected chi connectivity index (χ1v) is 19.3. The third kappa shape index (κ3) is 10.00. The van der Waals surface area contributed by atoms with Crippen molar-refractivity contribution < 1.29 is 23.8 Å². The van der Waals surface area contributed by atoms with Gasteiger partial charge in [-0.3, -0.25) is 19.6 Å². The molecule has 0 saturated heterocycles. The van der Waals surface area contributed by atoms with Crippen LogP contribution in [0.1, 0.15) is 38.3 Å². The molecule has 3 aromatic heterocycles. The predicted octanol–water partition coefficient (Wildman–Crippen LogP) is 7.55. The second-order valence-corrected chi connectivity index (χ2v) is 13.8. The number of hydrogen-bond acceptors (Lipinski definition) is 12. The molecule has 0 spiro atoms. The summed E-state index contributed by atoms with van der Waals surface area (Å²) in [6.45, 7) is 6.82. The van der Waals surface area contributed by atoms with Crippen LogP contribution in [0.15, 0.2) is 104 Å². The van der Waals surface area contributed by atoms with E-state index in [1.165, 1.54) is 12.4 Å². The number of para-hydroxylation sites is 2. The number of aryl methyl sites for hydroxylation is 3. The number of anilines is 6. The summed E-state index contributed by atoms with van der Waals surface area (Å²) in [6, 6.07) is 23.3. The van der Waals surface area contributed by atoms with E-state index in [9.17, 15) is 9.59 Å². The van der Waals surface area contributed by atoms with Gasteiger partial charge < -0.3 is 51.5 Å². The van der Waals surface area contributed by atoms with Crippen molar-refractivity contribution in [2.75, 3.05) is 62.3 Å². The topological polar surface area (TPSA) is 206 Å². The third-order valence-electron chi connectivity index (χ3n) is 9.81. The molecule has 0 aliphatic rings. The van der Waals surface area contributed by atoms with Gasteiger partial charge in [0, 0.05) is 73.7 Å². The van der Waals surface area contributed by atoms with Crippen LogP contribution < -0.4 is 42.2 Å². The minimum atomic E-state index is -0.549. The zero-order chi connectivity index (χ0) is 42.6. The molecule has 15 heteroatoms. The summed E-state index contributed by atoms with van der Waals surface area (Å²) in [4.78, 5) is 37.1. The van der Waals surface area contributed by atoms with E-state index in [-0.39, 0.29) is 0 Å². The lowest BCUT2D eigenvalue weighted by Crippen LogP contribution is -2.14. The normalized spacial score (nSPS) is 10.8. The van der Waals surface area contributed by atoms with Crippen LogP contribution in [-0.4, -0.2) is 72.4 Å². The van der Waals surface area contributed by atoms with Crippen LogP contribution in [-0.2, 0) is 11.3 Å².